The lowest BCUT2D eigenvalue weighted by Gasteiger charge is -2.36. The Balaban J connectivity index is 2.67. The van der Waals surface area contributed by atoms with E-state index in [-0.39, 0.29) is 5.54 Å². The maximum atomic E-state index is 4.50. The summed E-state index contributed by atoms with van der Waals surface area (Å²) >= 11 is 0. The quantitative estimate of drug-likeness (QED) is 0.522. The summed E-state index contributed by atoms with van der Waals surface area (Å²) in [4.78, 5) is 0. The van der Waals surface area contributed by atoms with Gasteiger partial charge in [-0.15, -0.1) is 0 Å². The van der Waals surface area contributed by atoms with Crippen LogP contribution in [0.2, 0.25) is 0 Å². The summed E-state index contributed by atoms with van der Waals surface area (Å²) in [6.45, 7) is 9.83. The molecule has 1 heterocycles. The first-order chi connectivity index (χ1) is 5.00. The third-order valence-corrected chi connectivity index (χ3v) is 1.97. The van der Waals surface area contributed by atoms with Crippen LogP contribution in [0.5, 0.6) is 0 Å². The minimum Gasteiger partial charge on any atom is -0.292 e. The number of hydrogen-bond acceptors (Lipinski definition) is 2. The van der Waals surface area contributed by atoms with Crippen molar-refractivity contribution in [2.24, 2.45) is 5.10 Å². The third kappa shape index (κ3) is 2.21. The third-order valence-electron chi connectivity index (χ3n) is 1.97. The molecule has 1 aliphatic rings. The summed E-state index contributed by atoms with van der Waals surface area (Å²) in [7, 11) is 0. The Bertz CT molecular complexity index is 165. The molecule has 1 rings (SSSR count). The fraction of sp³-hybridized carbons (Fsp3) is 0.889. The van der Waals surface area contributed by atoms with Crippen LogP contribution in [0, 0.1) is 0 Å². The molecule has 0 aliphatic carbocycles. The zero-order valence-electron chi connectivity index (χ0n) is 8.02. The van der Waals surface area contributed by atoms with Crippen LogP contribution < -0.4 is 0 Å². The lowest BCUT2D eigenvalue weighted by atomic mass is 10.1. The summed E-state index contributed by atoms with van der Waals surface area (Å²) in [5.74, 6) is 0. The van der Waals surface area contributed by atoms with Crippen molar-refractivity contribution in [3.63, 3.8) is 0 Å². The second kappa shape index (κ2) is 2.84. The molecular formula is C9H18N2. The molecule has 1 aliphatic heterocycles. The molecule has 2 nitrogen and oxygen atoms in total. The normalized spacial score (nSPS) is 20.0. The molecule has 0 unspecified atom stereocenters. The summed E-state index contributed by atoms with van der Waals surface area (Å²) in [5, 5.41) is 6.69. The van der Waals surface area contributed by atoms with Crippen LogP contribution in [0.1, 0.15) is 40.5 Å². The highest BCUT2D eigenvalue weighted by Crippen LogP contribution is 2.18. The zero-order valence-corrected chi connectivity index (χ0v) is 8.02. The molecule has 0 saturated heterocycles. The van der Waals surface area contributed by atoms with Crippen LogP contribution in [-0.2, 0) is 0 Å². The number of rotatable bonds is 0. The van der Waals surface area contributed by atoms with Gasteiger partial charge in [-0.25, -0.2) is 0 Å². The maximum Gasteiger partial charge on any atom is 0.0495 e. The van der Waals surface area contributed by atoms with E-state index >= 15 is 0 Å². The Morgan fingerprint density at radius 1 is 1.36 bits per heavy atom. The minimum atomic E-state index is 0.196. The highest BCUT2D eigenvalue weighted by molar-refractivity contribution is 5.82. The van der Waals surface area contributed by atoms with Gasteiger partial charge in [-0.1, -0.05) is 0 Å². The summed E-state index contributed by atoms with van der Waals surface area (Å²) in [5.41, 5.74) is 1.47. The van der Waals surface area contributed by atoms with Gasteiger partial charge in [0.05, 0.1) is 0 Å². The first-order valence-corrected chi connectivity index (χ1v) is 4.32. The molecule has 0 aromatic rings. The first kappa shape index (κ1) is 8.57. The van der Waals surface area contributed by atoms with Crippen LogP contribution >= 0.6 is 0 Å². The van der Waals surface area contributed by atoms with E-state index < -0.39 is 0 Å². The largest absolute Gasteiger partial charge is 0.292 e. The van der Waals surface area contributed by atoms with Gasteiger partial charge in [-0.05, 0) is 40.5 Å². The molecule has 64 valence electrons. The van der Waals surface area contributed by atoms with Crippen LogP contribution in [0.4, 0.5) is 0 Å². The molecule has 2 heteroatoms. The molecule has 0 fully saturated rings. The van der Waals surface area contributed by atoms with Gasteiger partial charge in [0.25, 0.3) is 0 Å². The van der Waals surface area contributed by atoms with Crippen LogP contribution in [0.3, 0.4) is 0 Å². The average Bonchev–Trinajstić information content (AvgIpc) is 1.86. The highest BCUT2D eigenvalue weighted by Gasteiger charge is 2.21. The Labute approximate surface area is 69.3 Å². The average molecular weight is 154 g/mol. The van der Waals surface area contributed by atoms with Crippen LogP contribution in [-0.4, -0.2) is 22.8 Å². The van der Waals surface area contributed by atoms with E-state index in [2.05, 4.69) is 37.8 Å². The standard InChI is InChI=1S/C9H18N2/c1-8-6-5-7-11(10-8)9(2,3)4/h5-7H2,1-4H3. The van der Waals surface area contributed by atoms with Gasteiger partial charge < -0.3 is 0 Å². The lowest BCUT2D eigenvalue weighted by Crippen LogP contribution is -2.40. The second-order valence-corrected chi connectivity index (χ2v) is 4.23. The molecule has 0 aromatic carbocycles. The van der Waals surface area contributed by atoms with Gasteiger partial charge in [0.15, 0.2) is 0 Å². The molecule has 0 spiro atoms. The first-order valence-electron chi connectivity index (χ1n) is 4.32. The highest BCUT2D eigenvalue weighted by atomic mass is 15.5. The van der Waals surface area contributed by atoms with Crippen molar-refractivity contribution in [1.82, 2.24) is 5.01 Å². The molecule has 0 N–H and O–H groups in total. The van der Waals surface area contributed by atoms with E-state index in [0.29, 0.717) is 0 Å². The fourth-order valence-electron chi connectivity index (χ4n) is 1.28. The Hall–Kier alpha value is -0.530. The summed E-state index contributed by atoms with van der Waals surface area (Å²) in [6, 6.07) is 0. The van der Waals surface area contributed by atoms with Gasteiger partial charge >= 0.3 is 0 Å². The second-order valence-electron chi connectivity index (χ2n) is 4.23. The van der Waals surface area contributed by atoms with Crippen molar-refractivity contribution in [1.29, 1.82) is 0 Å². The van der Waals surface area contributed by atoms with E-state index in [1.165, 1.54) is 18.6 Å². The molecule has 0 radical (unpaired) electrons. The monoisotopic (exact) mass is 154 g/mol. The Morgan fingerprint density at radius 2 is 2.00 bits per heavy atom. The smallest absolute Gasteiger partial charge is 0.0495 e. The van der Waals surface area contributed by atoms with Gasteiger partial charge in [-0.3, -0.25) is 5.01 Å². The van der Waals surface area contributed by atoms with Gasteiger partial charge in [0.1, 0.15) is 0 Å². The predicted molar refractivity (Wildman–Crippen MR) is 48.8 cm³/mol. The topological polar surface area (TPSA) is 15.6 Å². The zero-order chi connectivity index (χ0) is 8.48. The number of nitrogens with zero attached hydrogens (tertiary/aromatic N) is 2. The lowest BCUT2D eigenvalue weighted by molar-refractivity contribution is 0.134. The number of hydrogen-bond donors (Lipinski definition) is 0. The van der Waals surface area contributed by atoms with Gasteiger partial charge in [-0.2, -0.15) is 5.10 Å². The van der Waals surface area contributed by atoms with Crippen LogP contribution in [0.25, 0.3) is 0 Å². The summed E-state index contributed by atoms with van der Waals surface area (Å²) in [6.07, 6.45) is 2.43. The van der Waals surface area contributed by atoms with Crippen molar-refractivity contribution >= 4 is 5.71 Å². The molecule has 0 aromatic heterocycles. The fourth-order valence-corrected chi connectivity index (χ4v) is 1.28. The van der Waals surface area contributed by atoms with Crippen molar-refractivity contribution in [2.45, 2.75) is 46.1 Å². The molecular weight excluding hydrogens is 136 g/mol. The van der Waals surface area contributed by atoms with Crippen molar-refractivity contribution in [2.75, 3.05) is 6.54 Å². The van der Waals surface area contributed by atoms with E-state index in [1.54, 1.807) is 0 Å². The van der Waals surface area contributed by atoms with Crippen molar-refractivity contribution < 1.29 is 0 Å². The molecule has 0 atom stereocenters. The molecule has 0 bridgehead atoms. The maximum absolute atomic E-state index is 4.50. The minimum absolute atomic E-state index is 0.196. The predicted octanol–water partition coefficient (Wildman–Crippen LogP) is 2.26. The SMILES string of the molecule is CC1=NN(C(C)(C)C)CCC1. The molecule has 0 amide bonds. The number of hydrazone groups is 1. The molecule has 0 saturated carbocycles. The Morgan fingerprint density at radius 3 is 2.36 bits per heavy atom. The molecule has 11 heavy (non-hydrogen) atoms. The van der Waals surface area contributed by atoms with Crippen LogP contribution in [0.15, 0.2) is 5.10 Å². The van der Waals surface area contributed by atoms with Gasteiger partial charge in [0.2, 0.25) is 0 Å². The van der Waals surface area contributed by atoms with E-state index in [1.807, 2.05) is 0 Å². The van der Waals surface area contributed by atoms with E-state index in [0.717, 1.165) is 6.54 Å². The summed E-state index contributed by atoms with van der Waals surface area (Å²) < 4.78 is 0. The van der Waals surface area contributed by atoms with Gasteiger partial charge in [0, 0.05) is 17.8 Å². The van der Waals surface area contributed by atoms with E-state index in [9.17, 15) is 0 Å². The van der Waals surface area contributed by atoms with E-state index in [4.69, 9.17) is 0 Å². The van der Waals surface area contributed by atoms with Crippen molar-refractivity contribution in [3.05, 3.63) is 0 Å². The van der Waals surface area contributed by atoms with Crippen molar-refractivity contribution in [3.8, 4) is 0 Å². The Kier molecular flexibility index (Phi) is 2.21.